The molecule has 0 aliphatic rings. The third-order valence-electron chi connectivity index (χ3n) is 3.62. The summed E-state index contributed by atoms with van der Waals surface area (Å²) in [7, 11) is 1.80. The monoisotopic (exact) mass is 309 g/mol. The summed E-state index contributed by atoms with van der Waals surface area (Å²) in [5.41, 5.74) is 3.23. The maximum atomic E-state index is 12.2. The SMILES string of the molecule is Cc1nn(C)cc1C(=O)Nc1cnn(CCc2ccccc2)c1. The van der Waals surface area contributed by atoms with Crippen LogP contribution in [0.5, 0.6) is 0 Å². The largest absolute Gasteiger partial charge is 0.319 e. The van der Waals surface area contributed by atoms with Gasteiger partial charge in [-0.3, -0.25) is 14.2 Å². The number of anilines is 1. The van der Waals surface area contributed by atoms with Gasteiger partial charge in [0.05, 0.1) is 23.1 Å². The zero-order valence-corrected chi connectivity index (χ0v) is 13.2. The molecule has 6 heteroatoms. The Labute approximate surface area is 134 Å². The topological polar surface area (TPSA) is 64.7 Å². The molecule has 0 bridgehead atoms. The third kappa shape index (κ3) is 3.66. The summed E-state index contributed by atoms with van der Waals surface area (Å²) in [5.74, 6) is -0.168. The van der Waals surface area contributed by atoms with E-state index in [2.05, 4.69) is 27.6 Å². The minimum absolute atomic E-state index is 0.168. The molecule has 6 nitrogen and oxygen atoms in total. The Morgan fingerprint density at radius 3 is 2.70 bits per heavy atom. The molecule has 0 atom stereocenters. The number of aromatic nitrogens is 4. The molecule has 1 amide bonds. The average Bonchev–Trinajstić information content (AvgIpc) is 3.12. The summed E-state index contributed by atoms with van der Waals surface area (Å²) >= 11 is 0. The van der Waals surface area contributed by atoms with E-state index in [0.717, 1.165) is 13.0 Å². The summed E-state index contributed by atoms with van der Waals surface area (Å²) in [4.78, 5) is 12.2. The van der Waals surface area contributed by atoms with E-state index in [1.165, 1.54) is 5.56 Å². The minimum atomic E-state index is -0.168. The third-order valence-corrected chi connectivity index (χ3v) is 3.62. The lowest BCUT2D eigenvalue weighted by Crippen LogP contribution is -2.12. The Morgan fingerprint density at radius 2 is 2.00 bits per heavy atom. The van der Waals surface area contributed by atoms with Gasteiger partial charge in [-0.1, -0.05) is 30.3 Å². The summed E-state index contributed by atoms with van der Waals surface area (Å²) in [6, 6.07) is 10.3. The van der Waals surface area contributed by atoms with Crippen molar-refractivity contribution in [1.82, 2.24) is 19.6 Å². The van der Waals surface area contributed by atoms with Gasteiger partial charge in [0, 0.05) is 26.0 Å². The van der Waals surface area contributed by atoms with Gasteiger partial charge in [0.2, 0.25) is 0 Å². The van der Waals surface area contributed by atoms with Crippen LogP contribution >= 0.6 is 0 Å². The van der Waals surface area contributed by atoms with Gasteiger partial charge in [0.15, 0.2) is 0 Å². The highest BCUT2D eigenvalue weighted by molar-refractivity contribution is 6.04. The van der Waals surface area contributed by atoms with E-state index in [1.807, 2.05) is 36.0 Å². The van der Waals surface area contributed by atoms with E-state index in [1.54, 1.807) is 24.1 Å². The highest BCUT2D eigenvalue weighted by atomic mass is 16.1. The minimum Gasteiger partial charge on any atom is -0.319 e. The number of carbonyl (C=O) groups excluding carboxylic acids is 1. The fourth-order valence-electron chi connectivity index (χ4n) is 2.46. The summed E-state index contributed by atoms with van der Waals surface area (Å²) < 4.78 is 3.46. The van der Waals surface area contributed by atoms with Gasteiger partial charge >= 0.3 is 0 Å². The smallest absolute Gasteiger partial charge is 0.259 e. The highest BCUT2D eigenvalue weighted by Gasteiger charge is 2.13. The number of nitrogens with one attached hydrogen (secondary N) is 1. The predicted octanol–water partition coefficient (Wildman–Crippen LogP) is 2.42. The maximum absolute atomic E-state index is 12.2. The number of rotatable bonds is 5. The van der Waals surface area contributed by atoms with Crippen molar-refractivity contribution in [1.29, 1.82) is 0 Å². The molecule has 23 heavy (non-hydrogen) atoms. The van der Waals surface area contributed by atoms with Gasteiger partial charge in [-0.2, -0.15) is 10.2 Å². The van der Waals surface area contributed by atoms with Gasteiger partial charge in [-0.15, -0.1) is 0 Å². The lowest BCUT2D eigenvalue weighted by Gasteiger charge is -2.02. The van der Waals surface area contributed by atoms with Crippen LogP contribution in [0.25, 0.3) is 0 Å². The molecule has 2 aromatic heterocycles. The van der Waals surface area contributed by atoms with Crippen molar-refractivity contribution in [3.8, 4) is 0 Å². The first-order chi connectivity index (χ1) is 11.1. The van der Waals surface area contributed by atoms with Crippen LogP contribution < -0.4 is 5.32 Å². The Kier molecular flexibility index (Phi) is 4.23. The lowest BCUT2D eigenvalue weighted by atomic mass is 10.1. The lowest BCUT2D eigenvalue weighted by molar-refractivity contribution is 0.102. The second-order valence-corrected chi connectivity index (χ2v) is 5.48. The number of amides is 1. The van der Waals surface area contributed by atoms with Crippen LogP contribution in [0.1, 0.15) is 21.6 Å². The standard InChI is InChI=1S/C17H19N5O/c1-13-16(12-21(2)20-13)17(23)19-15-10-18-22(11-15)9-8-14-6-4-3-5-7-14/h3-7,10-12H,8-9H2,1-2H3,(H,19,23). The summed E-state index contributed by atoms with van der Waals surface area (Å²) in [6.07, 6.45) is 6.11. The van der Waals surface area contributed by atoms with Crippen LogP contribution in [-0.2, 0) is 20.0 Å². The average molecular weight is 309 g/mol. The van der Waals surface area contributed by atoms with Gasteiger partial charge in [-0.05, 0) is 18.9 Å². The molecule has 0 aliphatic heterocycles. The first kappa shape index (κ1) is 15.0. The van der Waals surface area contributed by atoms with Gasteiger partial charge in [0.25, 0.3) is 5.91 Å². The van der Waals surface area contributed by atoms with Crippen molar-refractivity contribution in [2.75, 3.05) is 5.32 Å². The fourth-order valence-corrected chi connectivity index (χ4v) is 2.46. The van der Waals surface area contributed by atoms with Crippen LogP contribution in [0.3, 0.4) is 0 Å². The molecule has 0 saturated heterocycles. The Bertz CT molecular complexity index is 804. The van der Waals surface area contributed by atoms with E-state index in [4.69, 9.17) is 0 Å². The highest BCUT2D eigenvalue weighted by Crippen LogP contribution is 2.11. The van der Waals surface area contributed by atoms with E-state index in [-0.39, 0.29) is 5.91 Å². The van der Waals surface area contributed by atoms with Crippen LogP contribution in [0.4, 0.5) is 5.69 Å². The van der Waals surface area contributed by atoms with Crippen molar-refractivity contribution in [3.63, 3.8) is 0 Å². The quantitative estimate of drug-likeness (QED) is 0.787. The van der Waals surface area contributed by atoms with Crippen molar-refractivity contribution in [3.05, 3.63) is 65.7 Å². The second kappa shape index (κ2) is 6.48. The second-order valence-electron chi connectivity index (χ2n) is 5.48. The molecule has 0 fully saturated rings. The molecular weight excluding hydrogens is 290 g/mol. The predicted molar refractivity (Wildman–Crippen MR) is 88.3 cm³/mol. The van der Waals surface area contributed by atoms with Crippen LogP contribution in [0.2, 0.25) is 0 Å². The first-order valence-corrected chi connectivity index (χ1v) is 7.50. The number of hydrogen-bond acceptors (Lipinski definition) is 3. The number of aryl methyl sites for hydroxylation is 4. The Balaban J connectivity index is 1.61. The molecule has 0 radical (unpaired) electrons. The summed E-state index contributed by atoms with van der Waals surface area (Å²) in [5, 5.41) is 11.3. The Morgan fingerprint density at radius 1 is 1.22 bits per heavy atom. The molecule has 0 unspecified atom stereocenters. The maximum Gasteiger partial charge on any atom is 0.259 e. The van der Waals surface area contributed by atoms with E-state index >= 15 is 0 Å². The zero-order valence-electron chi connectivity index (χ0n) is 13.2. The van der Waals surface area contributed by atoms with Crippen molar-refractivity contribution >= 4 is 11.6 Å². The van der Waals surface area contributed by atoms with Gasteiger partial charge in [0.1, 0.15) is 0 Å². The molecule has 118 valence electrons. The van der Waals surface area contributed by atoms with Crippen LogP contribution in [-0.4, -0.2) is 25.5 Å². The van der Waals surface area contributed by atoms with Crippen molar-refractivity contribution < 1.29 is 4.79 Å². The molecule has 3 aromatic rings. The van der Waals surface area contributed by atoms with E-state index in [0.29, 0.717) is 16.9 Å². The number of nitrogens with zero attached hydrogens (tertiary/aromatic N) is 4. The van der Waals surface area contributed by atoms with E-state index < -0.39 is 0 Å². The molecule has 0 aliphatic carbocycles. The normalized spacial score (nSPS) is 10.7. The fraction of sp³-hybridized carbons (Fsp3) is 0.235. The van der Waals surface area contributed by atoms with Gasteiger partial charge in [-0.25, -0.2) is 0 Å². The molecule has 1 N–H and O–H groups in total. The van der Waals surface area contributed by atoms with Crippen molar-refractivity contribution in [2.45, 2.75) is 19.9 Å². The number of hydrogen-bond donors (Lipinski definition) is 1. The summed E-state index contributed by atoms with van der Waals surface area (Å²) in [6.45, 7) is 2.59. The number of benzene rings is 1. The molecular formula is C17H19N5O. The van der Waals surface area contributed by atoms with Crippen LogP contribution in [0.15, 0.2) is 48.9 Å². The molecule has 1 aromatic carbocycles. The van der Waals surface area contributed by atoms with Gasteiger partial charge < -0.3 is 5.32 Å². The Hall–Kier alpha value is -2.89. The molecule has 0 spiro atoms. The first-order valence-electron chi connectivity index (χ1n) is 7.50. The number of carbonyl (C=O) groups is 1. The van der Waals surface area contributed by atoms with Crippen molar-refractivity contribution in [2.24, 2.45) is 7.05 Å². The van der Waals surface area contributed by atoms with E-state index in [9.17, 15) is 4.79 Å². The molecule has 3 rings (SSSR count). The van der Waals surface area contributed by atoms with Crippen LogP contribution in [0, 0.1) is 6.92 Å². The molecule has 0 saturated carbocycles. The zero-order chi connectivity index (χ0) is 16.2. The molecule has 2 heterocycles.